The Balaban J connectivity index is 1.92. The van der Waals surface area contributed by atoms with Gasteiger partial charge in [0.25, 0.3) is 0 Å². The third-order valence-corrected chi connectivity index (χ3v) is 4.14. The predicted octanol–water partition coefficient (Wildman–Crippen LogP) is 2.23. The van der Waals surface area contributed by atoms with Crippen molar-refractivity contribution in [3.8, 4) is 0 Å². The van der Waals surface area contributed by atoms with Crippen LogP contribution in [0.5, 0.6) is 0 Å². The number of rotatable bonds is 3. The smallest absolute Gasteiger partial charge is 0.311 e. The van der Waals surface area contributed by atoms with Crippen molar-refractivity contribution < 1.29 is 9.90 Å². The van der Waals surface area contributed by atoms with Gasteiger partial charge in [0.2, 0.25) is 0 Å². The fourth-order valence-corrected chi connectivity index (χ4v) is 3.00. The molecule has 1 unspecified atom stereocenters. The van der Waals surface area contributed by atoms with Crippen molar-refractivity contribution in [1.82, 2.24) is 10.3 Å². The van der Waals surface area contributed by atoms with E-state index in [1.54, 1.807) is 6.20 Å². The lowest BCUT2D eigenvalue weighted by Crippen LogP contribution is -2.47. The average Bonchev–Trinajstić information content (AvgIpc) is 2.48. The van der Waals surface area contributed by atoms with E-state index in [9.17, 15) is 9.90 Å². The second kappa shape index (κ2) is 5.21. The van der Waals surface area contributed by atoms with Crippen LogP contribution in [0.25, 0.3) is 10.9 Å². The molecule has 1 aromatic carbocycles. The molecule has 2 aromatic rings. The number of aliphatic carboxylic acids is 1. The Hall–Kier alpha value is -1.94. The molecule has 104 valence electrons. The standard InChI is InChI=1S/C16H18N2O2/c19-15(20)16(6-2-7-17-11-16)10-12-4-5-14-13(9-12)3-1-8-18-14/h1,3-5,8-9,17H,2,6-7,10-11H2,(H,19,20). The third-order valence-electron chi connectivity index (χ3n) is 4.14. The molecule has 2 heterocycles. The Morgan fingerprint density at radius 2 is 2.30 bits per heavy atom. The number of hydrogen-bond donors (Lipinski definition) is 2. The summed E-state index contributed by atoms with van der Waals surface area (Å²) in [4.78, 5) is 16.0. The number of aromatic nitrogens is 1. The number of nitrogens with zero attached hydrogens (tertiary/aromatic N) is 1. The molecule has 4 nitrogen and oxygen atoms in total. The van der Waals surface area contributed by atoms with E-state index in [-0.39, 0.29) is 0 Å². The zero-order valence-electron chi connectivity index (χ0n) is 11.3. The summed E-state index contributed by atoms with van der Waals surface area (Å²) in [5.41, 5.74) is 1.34. The highest BCUT2D eigenvalue weighted by Crippen LogP contribution is 2.31. The lowest BCUT2D eigenvalue weighted by Gasteiger charge is -2.33. The van der Waals surface area contributed by atoms with Gasteiger partial charge in [-0.2, -0.15) is 0 Å². The van der Waals surface area contributed by atoms with E-state index in [0.717, 1.165) is 35.9 Å². The lowest BCUT2D eigenvalue weighted by molar-refractivity contribution is -0.150. The van der Waals surface area contributed by atoms with Crippen molar-refractivity contribution >= 4 is 16.9 Å². The Kier molecular flexibility index (Phi) is 3.40. The van der Waals surface area contributed by atoms with Gasteiger partial charge >= 0.3 is 5.97 Å². The van der Waals surface area contributed by atoms with Crippen LogP contribution in [0.4, 0.5) is 0 Å². The number of nitrogens with one attached hydrogen (secondary N) is 1. The highest BCUT2D eigenvalue weighted by atomic mass is 16.4. The quantitative estimate of drug-likeness (QED) is 0.898. The first-order chi connectivity index (χ1) is 9.70. The largest absolute Gasteiger partial charge is 0.481 e. The van der Waals surface area contributed by atoms with Crippen LogP contribution < -0.4 is 5.32 Å². The molecule has 0 saturated carbocycles. The van der Waals surface area contributed by atoms with E-state index in [2.05, 4.69) is 16.4 Å². The van der Waals surface area contributed by atoms with Crippen LogP contribution >= 0.6 is 0 Å². The molecular weight excluding hydrogens is 252 g/mol. The van der Waals surface area contributed by atoms with E-state index >= 15 is 0 Å². The Morgan fingerprint density at radius 1 is 1.40 bits per heavy atom. The first-order valence-corrected chi connectivity index (χ1v) is 6.97. The molecule has 0 amide bonds. The molecule has 1 aliphatic rings. The van der Waals surface area contributed by atoms with E-state index in [0.29, 0.717) is 13.0 Å². The van der Waals surface area contributed by atoms with Gasteiger partial charge in [0.05, 0.1) is 10.9 Å². The minimum absolute atomic E-state index is 0.549. The number of fused-ring (bicyclic) bond motifs is 1. The number of carboxylic acids is 1. The van der Waals surface area contributed by atoms with Gasteiger partial charge in [-0.3, -0.25) is 9.78 Å². The molecular formula is C16H18N2O2. The zero-order valence-corrected chi connectivity index (χ0v) is 11.3. The lowest BCUT2D eigenvalue weighted by atomic mass is 9.75. The summed E-state index contributed by atoms with van der Waals surface area (Å²) in [6, 6.07) is 9.94. The average molecular weight is 270 g/mol. The number of carbonyl (C=O) groups is 1. The van der Waals surface area contributed by atoms with Crippen LogP contribution in [0.2, 0.25) is 0 Å². The van der Waals surface area contributed by atoms with E-state index < -0.39 is 11.4 Å². The Morgan fingerprint density at radius 3 is 3.05 bits per heavy atom. The molecule has 4 heteroatoms. The molecule has 0 bridgehead atoms. The number of carboxylic acid groups (broad SMARTS) is 1. The van der Waals surface area contributed by atoms with Crippen LogP contribution in [0, 0.1) is 5.41 Å². The van der Waals surface area contributed by atoms with Crippen molar-refractivity contribution in [1.29, 1.82) is 0 Å². The summed E-state index contributed by atoms with van der Waals surface area (Å²) < 4.78 is 0. The SMILES string of the molecule is O=C(O)C1(Cc2ccc3ncccc3c2)CCCNC1. The fourth-order valence-electron chi connectivity index (χ4n) is 3.00. The maximum Gasteiger partial charge on any atom is 0.311 e. The summed E-state index contributed by atoms with van der Waals surface area (Å²) in [7, 11) is 0. The maximum absolute atomic E-state index is 11.7. The van der Waals surface area contributed by atoms with Gasteiger partial charge in [-0.05, 0) is 49.6 Å². The second-order valence-electron chi connectivity index (χ2n) is 5.57. The molecule has 1 aliphatic heterocycles. The number of pyridine rings is 1. The maximum atomic E-state index is 11.7. The topological polar surface area (TPSA) is 62.2 Å². The molecule has 0 spiro atoms. The van der Waals surface area contributed by atoms with Crippen LogP contribution in [0.3, 0.4) is 0 Å². The van der Waals surface area contributed by atoms with Gasteiger partial charge in [0.15, 0.2) is 0 Å². The minimum atomic E-state index is -0.698. The summed E-state index contributed by atoms with van der Waals surface area (Å²) in [6.45, 7) is 1.46. The molecule has 2 N–H and O–H groups in total. The molecule has 0 aliphatic carbocycles. The van der Waals surface area contributed by atoms with E-state index in [1.807, 2.05) is 24.3 Å². The first-order valence-electron chi connectivity index (χ1n) is 6.97. The molecule has 1 atom stereocenters. The summed E-state index contributed by atoms with van der Waals surface area (Å²) in [5, 5.41) is 13.9. The van der Waals surface area contributed by atoms with Gasteiger partial charge in [0.1, 0.15) is 0 Å². The fraction of sp³-hybridized carbons (Fsp3) is 0.375. The Labute approximate surface area is 117 Å². The van der Waals surface area contributed by atoms with E-state index in [4.69, 9.17) is 0 Å². The van der Waals surface area contributed by atoms with Crippen molar-refractivity contribution in [3.05, 3.63) is 42.1 Å². The highest BCUT2D eigenvalue weighted by Gasteiger charge is 2.39. The van der Waals surface area contributed by atoms with Crippen molar-refractivity contribution in [2.24, 2.45) is 5.41 Å². The monoisotopic (exact) mass is 270 g/mol. The highest BCUT2D eigenvalue weighted by molar-refractivity contribution is 5.80. The number of benzene rings is 1. The molecule has 1 aromatic heterocycles. The van der Waals surface area contributed by atoms with Crippen LogP contribution in [-0.4, -0.2) is 29.1 Å². The van der Waals surface area contributed by atoms with Crippen molar-refractivity contribution in [3.63, 3.8) is 0 Å². The minimum Gasteiger partial charge on any atom is -0.481 e. The molecule has 3 rings (SSSR count). The van der Waals surface area contributed by atoms with Gasteiger partial charge in [-0.1, -0.05) is 12.1 Å². The van der Waals surface area contributed by atoms with Crippen LogP contribution in [-0.2, 0) is 11.2 Å². The normalized spacial score (nSPS) is 22.8. The molecule has 0 radical (unpaired) electrons. The molecule has 20 heavy (non-hydrogen) atoms. The summed E-state index contributed by atoms with van der Waals surface area (Å²) in [5.74, 6) is -0.698. The second-order valence-corrected chi connectivity index (χ2v) is 5.57. The third kappa shape index (κ3) is 2.39. The first kappa shape index (κ1) is 13.1. The number of piperidine rings is 1. The molecule has 1 saturated heterocycles. The van der Waals surface area contributed by atoms with Crippen molar-refractivity contribution in [2.45, 2.75) is 19.3 Å². The predicted molar refractivity (Wildman–Crippen MR) is 77.6 cm³/mol. The summed E-state index contributed by atoms with van der Waals surface area (Å²) >= 11 is 0. The molecule has 1 fully saturated rings. The van der Waals surface area contributed by atoms with Gasteiger partial charge in [-0.15, -0.1) is 0 Å². The van der Waals surface area contributed by atoms with Gasteiger partial charge < -0.3 is 10.4 Å². The number of hydrogen-bond acceptors (Lipinski definition) is 3. The van der Waals surface area contributed by atoms with Gasteiger partial charge in [-0.25, -0.2) is 0 Å². The van der Waals surface area contributed by atoms with E-state index in [1.165, 1.54) is 0 Å². The van der Waals surface area contributed by atoms with Crippen LogP contribution in [0.15, 0.2) is 36.5 Å². The van der Waals surface area contributed by atoms with Crippen molar-refractivity contribution in [2.75, 3.05) is 13.1 Å². The van der Waals surface area contributed by atoms with Crippen LogP contribution in [0.1, 0.15) is 18.4 Å². The Bertz CT molecular complexity index is 633. The zero-order chi connectivity index (χ0) is 14.0. The van der Waals surface area contributed by atoms with Gasteiger partial charge in [0, 0.05) is 18.1 Å². The summed E-state index contributed by atoms with van der Waals surface area (Å²) in [6.07, 6.45) is 3.99.